The molecule has 3 aromatic rings. The van der Waals surface area contributed by atoms with E-state index in [0.717, 1.165) is 0 Å². The van der Waals surface area contributed by atoms with Gasteiger partial charge in [0.05, 0.1) is 25.1 Å². The Kier molecular flexibility index (Phi) is 8.63. The van der Waals surface area contributed by atoms with E-state index in [1.807, 2.05) is 6.92 Å². The number of amides is 2. The minimum atomic E-state index is -1.14. The van der Waals surface area contributed by atoms with Crippen molar-refractivity contribution in [1.29, 1.82) is 0 Å². The van der Waals surface area contributed by atoms with Gasteiger partial charge in [-0.15, -0.1) is 0 Å². The van der Waals surface area contributed by atoms with Gasteiger partial charge in [-0.05, 0) is 67.1 Å². The van der Waals surface area contributed by atoms with Gasteiger partial charge in [-0.1, -0.05) is 24.6 Å². The number of hydrogen-bond donors (Lipinski definition) is 2. The first kappa shape index (κ1) is 28.9. The van der Waals surface area contributed by atoms with E-state index in [2.05, 4.69) is 5.10 Å². The zero-order chi connectivity index (χ0) is 29.1. The lowest BCUT2D eigenvalue weighted by Crippen LogP contribution is -2.41. The fourth-order valence-electron chi connectivity index (χ4n) is 5.11. The molecule has 0 radical (unpaired) electrons. The summed E-state index contributed by atoms with van der Waals surface area (Å²) in [6.45, 7) is 3.96. The molecule has 11 nitrogen and oxygen atoms in total. The van der Waals surface area contributed by atoms with Crippen LogP contribution in [-0.2, 0) is 35.6 Å². The summed E-state index contributed by atoms with van der Waals surface area (Å²) in [6, 6.07) is 9.72. The topological polar surface area (TPSA) is 150 Å². The second-order valence-electron chi connectivity index (χ2n) is 9.76. The van der Waals surface area contributed by atoms with Gasteiger partial charge < -0.3 is 15.6 Å². The number of aromatic nitrogens is 3. The third-order valence-corrected chi connectivity index (χ3v) is 7.55. The lowest BCUT2D eigenvalue weighted by atomic mass is 9.91. The minimum Gasteiger partial charge on any atom is -0.496 e. The summed E-state index contributed by atoms with van der Waals surface area (Å²) in [7, 11) is 1.52. The number of carbonyl (C=O) groups is 3. The largest absolute Gasteiger partial charge is 0.496 e. The molecule has 2 heterocycles. The fourth-order valence-corrected chi connectivity index (χ4v) is 5.31. The van der Waals surface area contributed by atoms with Crippen molar-refractivity contribution in [2.75, 3.05) is 12.8 Å². The van der Waals surface area contributed by atoms with E-state index in [9.17, 15) is 24.3 Å². The van der Waals surface area contributed by atoms with Crippen LogP contribution in [0.1, 0.15) is 59.9 Å². The molecule has 2 atom stereocenters. The van der Waals surface area contributed by atoms with E-state index in [0.29, 0.717) is 40.7 Å². The lowest BCUT2D eigenvalue weighted by molar-refractivity contribution is -0.148. The number of benzene rings is 2. The number of fused-ring (bicyclic) bond motifs is 1. The van der Waals surface area contributed by atoms with Crippen LogP contribution in [0.15, 0.2) is 41.2 Å². The molecule has 0 fully saturated rings. The smallest absolute Gasteiger partial charge is 0.345 e. The molecule has 1 aromatic heterocycles. The summed E-state index contributed by atoms with van der Waals surface area (Å²) in [5.74, 6) is -2.17. The first-order valence-corrected chi connectivity index (χ1v) is 13.4. The maximum atomic E-state index is 13.9. The number of hydrogen-bond acceptors (Lipinski definition) is 7. The van der Waals surface area contributed by atoms with Crippen molar-refractivity contribution in [2.24, 2.45) is 5.92 Å². The summed E-state index contributed by atoms with van der Waals surface area (Å²) in [5, 5.41) is 14.2. The van der Waals surface area contributed by atoms with Crippen molar-refractivity contribution in [2.45, 2.75) is 58.7 Å². The van der Waals surface area contributed by atoms with Crippen molar-refractivity contribution < 1.29 is 24.2 Å². The normalized spacial score (nSPS) is 15.8. The number of carboxylic acid groups (broad SMARTS) is 1. The van der Waals surface area contributed by atoms with Crippen LogP contribution >= 0.6 is 11.6 Å². The molecule has 12 heteroatoms. The van der Waals surface area contributed by atoms with Gasteiger partial charge in [0.15, 0.2) is 5.82 Å². The highest BCUT2D eigenvalue weighted by Gasteiger charge is 2.36. The molecular formula is C28H32ClN5O6. The van der Waals surface area contributed by atoms with E-state index in [-0.39, 0.29) is 48.8 Å². The molecule has 0 saturated heterocycles. The number of anilines is 1. The number of aromatic carboxylic acids is 1. The third-order valence-electron chi connectivity index (χ3n) is 7.32. The SMILES string of the molecule is CC[C@@H](CC(=O)N1Cc2nn(CC)c(=O)n2CC(Cc2cc(Cl)ccc2OC)C1=O)c1ccc(C(=O)O)c(N)c1. The van der Waals surface area contributed by atoms with Crippen molar-refractivity contribution in [3.63, 3.8) is 0 Å². The summed E-state index contributed by atoms with van der Waals surface area (Å²) in [4.78, 5) is 53.2. The average Bonchev–Trinajstić information content (AvgIpc) is 3.14. The Morgan fingerprint density at radius 3 is 2.58 bits per heavy atom. The van der Waals surface area contributed by atoms with Crippen LogP contribution in [0.4, 0.5) is 5.69 Å². The quantitative estimate of drug-likeness (QED) is 0.373. The molecule has 212 valence electrons. The highest BCUT2D eigenvalue weighted by Crippen LogP contribution is 2.31. The number of ether oxygens (including phenoxy) is 1. The van der Waals surface area contributed by atoms with Crippen molar-refractivity contribution in [1.82, 2.24) is 19.2 Å². The minimum absolute atomic E-state index is 0.0139. The lowest BCUT2D eigenvalue weighted by Gasteiger charge is -2.25. The summed E-state index contributed by atoms with van der Waals surface area (Å²) < 4.78 is 8.23. The number of methoxy groups -OCH3 is 1. The molecule has 0 spiro atoms. The first-order valence-electron chi connectivity index (χ1n) is 13.0. The first-order chi connectivity index (χ1) is 19.1. The van der Waals surface area contributed by atoms with Gasteiger partial charge >= 0.3 is 11.7 Å². The van der Waals surface area contributed by atoms with Gasteiger partial charge in [0.2, 0.25) is 11.8 Å². The van der Waals surface area contributed by atoms with Crippen molar-refractivity contribution >= 4 is 35.1 Å². The Balaban J connectivity index is 1.68. The standard InChI is InChI=1S/C28H32ClN5O6/c1-4-16(17-6-8-21(27(37)38)22(30)12-17)13-25(35)33-15-24-31-34(5-2)28(39)32(24)14-19(26(33)36)10-18-11-20(29)7-9-23(18)40-3/h6-9,11-12,16,19H,4-5,10,13-15,30H2,1-3H3,(H,37,38)/t16-,19?/m0/s1. The maximum absolute atomic E-state index is 13.9. The van der Waals surface area contributed by atoms with Gasteiger partial charge in [-0.25, -0.2) is 14.3 Å². The number of carboxylic acids is 1. The highest BCUT2D eigenvalue weighted by atomic mass is 35.5. The molecule has 3 N–H and O–H groups in total. The summed E-state index contributed by atoms with van der Waals surface area (Å²) in [6.07, 6.45) is 0.734. The molecule has 0 saturated carbocycles. The number of imide groups is 1. The van der Waals surface area contributed by atoms with Gasteiger partial charge in [0.1, 0.15) is 5.75 Å². The van der Waals surface area contributed by atoms with E-state index in [4.69, 9.17) is 22.1 Å². The molecular weight excluding hydrogens is 538 g/mol. The number of nitrogens with two attached hydrogens (primary N) is 1. The van der Waals surface area contributed by atoms with Crippen LogP contribution in [0.25, 0.3) is 0 Å². The predicted molar refractivity (Wildman–Crippen MR) is 148 cm³/mol. The van der Waals surface area contributed by atoms with Crippen LogP contribution in [0.2, 0.25) is 5.02 Å². The zero-order valence-electron chi connectivity index (χ0n) is 22.6. The molecule has 4 rings (SSSR count). The van der Waals surface area contributed by atoms with Gasteiger partial charge in [0.25, 0.3) is 0 Å². The molecule has 2 aromatic carbocycles. The van der Waals surface area contributed by atoms with Crippen LogP contribution in [0.5, 0.6) is 5.75 Å². The zero-order valence-corrected chi connectivity index (χ0v) is 23.3. The molecule has 2 amide bonds. The number of aryl methyl sites for hydroxylation is 1. The fraction of sp³-hybridized carbons (Fsp3) is 0.393. The summed E-state index contributed by atoms with van der Waals surface area (Å²) >= 11 is 6.22. The molecule has 1 aliphatic rings. The monoisotopic (exact) mass is 569 g/mol. The highest BCUT2D eigenvalue weighted by molar-refractivity contribution is 6.30. The second-order valence-corrected chi connectivity index (χ2v) is 10.2. The number of nitrogen functional groups attached to an aromatic ring is 1. The van der Waals surface area contributed by atoms with Gasteiger partial charge in [0, 0.05) is 30.2 Å². The number of carbonyl (C=O) groups excluding carboxylic acids is 2. The maximum Gasteiger partial charge on any atom is 0.345 e. The molecule has 0 bridgehead atoms. The van der Waals surface area contributed by atoms with E-state index < -0.39 is 23.7 Å². The van der Waals surface area contributed by atoms with Crippen molar-refractivity contribution in [3.05, 3.63) is 74.4 Å². The molecule has 40 heavy (non-hydrogen) atoms. The number of rotatable bonds is 9. The Bertz CT molecular complexity index is 1510. The van der Waals surface area contributed by atoms with Gasteiger partial charge in [-0.3, -0.25) is 19.1 Å². The Morgan fingerprint density at radius 1 is 1.20 bits per heavy atom. The summed E-state index contributed by atoms with van der Waals surface area (Å²) in [5.41, 5.74) is 7.07. The van der Waals surface area contributed by atoms with Crippen LogP contribution in [-0.4, -0.2) is 49.2 Å². The second kappa shape index (κ2) is 12.0. The van der Waals surface area contributed by atoms with E-state index >= 15 is 0 Å². The Labute approximate surface area is 236 Å². The molecule has 1 unspecified atom stereocenters. The number of halogens is 1. The molecule has 0 aliphatic carbocycles. The van der Waals surface area contributed by atoms with Gasteiger partial charge in [-0.2, -0.15) is 5.10 Å². The molecule has 1 aliphatic heterocycles. The van der Waals surface area contributed by atoms with E-state index in [1.54, 1.807) is 37.3 Å². The third kappa shape index (κ3) is 5.74. The predicted octanol–water partition coefficient (Wildman–Crippen LogP) is 3.32. The average molecular weight is 570 g/mol. The van der Waals surface area contributed by atoms with Crippen LogP contribution < -0.4 is 16.2 Å². The Hall–Kier alpha value is -4.12. The van der Waals surface area contributed by atoms with Crippen molar-refractivity contribution in [3.8, 4) is 5.75 Å². The van der Waals surface area contributed by atoms with Crippen LogP contribution in [0, 0.1) is 5.92 Å². The van der Waals surface area contributed by atoms with E-state index in [1.165, 1.54) is 27.3 Å². The Morgan fingerprint density at radius 2 is 1.95 bits per heavy atom. The number of nitrogens with zero attached hydrogens (tertiary/aromatic N) is 4. The van der Waals surface area contributed by atoms with Crippen LogP contribution in [0.3, 0.4) is 0 Å².